The number of hydrogen-bond acceptors (Lipinski definition) is 5. The van der Waals surface area contributed by atoms with E-state index in [0.717, 1.165) is 36.4 Å². The van der Waals surface area contributed by atoms with E-state index in [4.69, 9.17) is 4.98 Å². The number of nitrogens with zero attached hydrogens (tertiary/aromatic N) is 6. The summed E-state index contributed by atoms with van der Waals surface area (Å²) in [5, 5.41) is 4.10. The Morgan fingerprint density at radius 1 is 1.30 bits per heavy atom. The molecule has 0 N–H and O–H groups in total. The van der Waals surface area contributed by atoms with E-state index < -0.39 is 10.0 Å². The van der Waals surface area contributed by atoms with Crippen molar-refractivity contribution in [3.05, 3.63) is 36.5 Å². The highest BCUT2D eigenvalue weighted by molar-refractivity contribution is 7.89. The van der Waals surface area contributed by atoms with Crippen LogP contribution in [-0.4, -0.2) is 50.1 Å². The molecule has 0 saturated carbocycles. The lowest BCUT2D eigenvalue weighted by Crippen LogP contribution is -2.28. The predicted molar refractivity (Wildman–Crippen MR) is 102 cm³/mol. The van der Waals surface area contributed by atoms with Crippen LogP contribution in [0.5, 0.6) is 0 Å². The first-order valence-corrected chi connectivity index (χ1v) is 10.8. The first-order chi connectivity index (χ1) is 13.0. The van der Waals surface area contributed by atoms with Crippen molar-refractivity contribution < 1.29 is 8.42 Å². The summed E-state index contributed by atoms with van der Waals surface area (Å²) in [5.74, 6) is 1.01. The normalized spacial score (nSPS) is 18.5. The molecule has 0 amide bonds. The van der Waals surface area contributed by atoms with Crippen molar-refractivity contribution in [1.82, 2.24) is 28.6 Å². The van der Waals surface area contributed by atoms with Gasteiger partial charge in [0.25, 0.3) is 0 Å². The summed E-state index contributed by atoms with van der Waals surface area (Å²) < 4.78 is 31.2. The average molecular weight is 388 g/mol. The van der Waals surface area contributed by atoms with Gasteiger partial charge < -0.3 is 4.57 Å². The van der Waals surface area contributed by atoms with Crippen molar-refractivity contribution in [3.8, 4) is 0 Å². The van der Waals surface area contributed by atoms with Crippen LogP contribution in [0.4, 0.5) is 0 Å². The van der Waals surface area contributed by atoms with Gasteiger partial charge in [-0.05, 0) is 31.9 Å². The van der Waals surface area contributed by atoms with Crippen molar-refractivity contribution in [2.24, 2.45) is 0 Å². The third-order valence-corrected chi connectivity index (χ3v) is 6.89. The van der Waals surface area contributed by atoms with Crippen LogP contribution in [0.2, 0.25) is 0 Å². The van der Waals surface area contributed by atoms with Gasteiger partial charge in [0.1, 0.15) is 16.2 Å². The third-order valence-electron chi connectivity index (χ3n) is 5.07. The van der Waals surface area contributed by atoms with E-state index in [9.17, 15) is 8.42 Å². The monoisotopic (exact) mass is 388 g/mol. The van der Waals surface area contributed by atoms with Gasteiger partial charge in [0.05, 0.1) is 6.20 Å². The Morgan fingerprint density at radius 2 is 2.15 bits per heavy atom. The van der Waals surface area contributed by atoms with Gasteiger partial charge in [-0.25, -0.2) is 18.4 Å². The molecular formula is C18H24N6O2S. The van der Waals surface area contributed by atoms with Crippen molar-refractivity contribution in [2.75, 3.05) is 13.1 Å². The van der Waals surface area contributed by atoms with E-state index >= 15 is 0 Å². The van der Waals surface area contributed by atoms with Crippen LogP contribution in [0.15, 0.2) is 35.6 Å². The van der Waals surface area contributed by atoms with E-state index in [0.29, 0.717) is 19.6 Å². The van der Waals surface area contributed by atoms with Crippen molar-refractivity contribution >= 4 is 21.2 Å². The fourth-order valence-corrected chi connectivity index (χ4v) is 5.14. The number of imidazole rings is 1. The molecule has 1 fully saturated rings. The summed E-state index contributed by atoms with van der Waals surface area (Å²) in [6.07, 6.45) is 6.53. The summed E-state index contributed by atoms with van der Waals surface area (Å²) in [6, 6.07) is 3.84. The van der Waals surface area contributed by atoms with Crippen LogP contribution in [0, 0.1) is 0 Å². The molecule has 27 heavy (non-hydrogen) atoms. The summed E-state index contributed by atoms with van der Waals surface area (Å²) >= 11 is 0. The highest BCUT2D eigenvalue weighted by atomic mass is 32.2. The number of aryl methyl sites for hydroxylation is 2. The van der Waals surface area contributed by atoms with Gasteiger partial charge >= 0.3 is 0 Å². The molecule has 3 aromatic rings. The molecule has 0 aliphatic carbocycles. The minimum absolute atomic E-state index is 0.0711. The van der Waals surface area contributed by atoms with E-state index in [2.05, 4.69) is 21.6 Å². The number of fused-ring (bicyclic) bond motifs is 1. The van der Waals surface area contributed by atoms with E-state index in [-0.39, 0.29) is 10.8 Å². The maximum atomic E-state index is 13.0. The lowest BCUT2D eigenvalue weighted by molar-refractivity contribution is 0.468. The maximum Gasteiger partial charge on any atom is 0.246 e. The number of aromatic nitrogens is 5. The summed E-state index contributed by atoms with van der Waals surface area (Å²) in [5.41, 5.74) is 1.74. The molecule has 9 heteroatoms. The maximum absolute atomic E-state index is 13.0. The summed E-state index contributed by atoms with van der Waals surface area (Å²) in [6.45, 7) is 6.46. The highest BCUT2D eigenvalue weighted by Crippen LogP contribution is 2.32. The second-order valence-electron chi connectivity index (χ2n) is 6.85. The minimum atomic E-state index is -3.53. The second kappa shape index (κ2) is 7.05. The molecule has 0 radical (unpaired) electrons. The fourth-order valence-electron chi connectivity index (χ4n) is 3.69. The molecule has 4 heterocycles. The summed E-state index contributed by atoms with van der Waals surface area (Å²) in [4.78, 5) is 9.52. The number of pyridine rings is 1. The smallest absolute Gasteiger partial charge is 0.246 e. The van der Waals surface area contributed by atoms with Crippen LogP contribution >= 0.6 is 0 Å². The van der Waals surface area contributed by atoms with Crippen LogP contribution < -0.4 is 0 Å². The van der Waals surface area contributed by atoms with Gasteiger partial charge in [-0.2, -0.15) is 9.40 Å². The molecule has 144 valence electrons. The van der Waals surface area contributed by atoms with Crippen molar-refractivity contribution in [3.63, 3.8) is 0 Å². The first kappa shape index (κ1) is 18.1. The molecule has 1 unspecified atom stereocenters. The van der Waals surface area contributed by atoms with Gasteiger partial charge in [0, 0.05) is 44.5 Å². The molecule has 1 atom stereocenters. The van der Waals surface area contributed by atoms with Crippen LogP contribution in [0.25, 0.3) is 11.2 Å². The lowest BCUT2D eigenvalue weighted by Gasteiger charge is -2.16. The standard InChI is InChI=1S/C18H24N6O2S/c1-3-9-24-17(21-16-6-5-8-19-18(16)24)14-7-10-23(12-14)27(25,26)15-11-20-22(4-2)13-15/h5-6,8,11,13-14H,3-4,7,9-10,12H2,1-2H3. The molecule has 1 aliphatic heterocycles. The molecule has 0 aromatic carbocycles. The quantitative estimate of drug-likeness (QED) is 0.646. The van der Waals surface area contributed by atoms with Crippen LogP contribution in [0.3, 0.4) is 0 Å². The van der Waals surface area contributed by atoms with Gasteiger partial charge in [-0.15, -0.1) is 0 Å². The Balaban J connectivity index is 1.63. The van der Waals surface area contributed by atoms with Gasteiger partial charge in [0.15, 0.2) is 5.65 Å². The molecule has 1 saturated heterocycles. The molecule has 0 bridgehead atoms. The van der Waals surface area contributed by atoms with Gasteiger partial charge in [-0.1, -0.05) is 6.92 Å². The van der Waals surface area contributed by atoms with Gasteiger partial charge in [-0.3, -0.25) is 4.68 Å². The fraction of sp³-hybridized carbons (Fsp3) is 0.500. The van der Waals surface area contributed by atoms with Crippen LogP contribution in [-0.2, 0) is 23.1 Å². The molecule has 8 nitrogen and oxygen atoms in total. The Bertz CT molecular complexity index is 1050. The second-order valence-corrected chi connectivity index (χ2v) is 8.79. The zero-order chi connectivity index (χ0) is 19.0. The van der Waals surface area contributed by atoms with Crippen molar-refractivity contribution in [1.29, 1.82) is 0 Å². The topological polar surface area (TPSA) is 85.9 Å². The summed E-state index contributed by atoms with van der Waals surface area (Å²) in [7, 11) is -3.53. The lowest BCUT2D eigenvalue weighted by atomic mass is 10.1. The third kappa shape index (κ3) is 3.14. The van der Waals surface area contributed by atoms with Crippen molar-refractivity contribution in [2.45, 2.75) is 50.6 Å². The number of sulfonamides is 1. The zero-order valence-corrected chi connectivity index (χ0v) is 16.4. The Kier molecular flexibility index (Phi) is 4.73. The Morgan fingerprint density at radius 3 is 2.89 bits per heavy atom. The number of rotatable bonds is 6. The predicted octanol–water partition coefficient (Wildman–Crippen LogP) is 2.24. The first-order valence-electron chi connectivity index (χ1n) is 9.38. The molecule has 4 rings (SSSR count). The van der Waals surface area contributed by atoms with E-state index in [1.807, 2.05) is 19.1 Å². The van der Waals surface area contributed by atoms with E-state index in [1.165, 1.54) is 6.20 Å². The van der Waals surface area contributed by atoms with E-state index in [1.54, 1.807) is 21.4 Å². The highest BCUT2D eigenvalue weighted by Gasteiger charge is 2.36. The molecule has 1 aliphatic rings. The molecule has 3 aromatic heterocycles. The SMILES string of the molecule is CCCn1c(C2CCN(S(=O)(=O)c3cnn(CC)c3)C2)nc2cccnc21. The molecule has 0 spiro atoms. The van der Waals surface area contributed by atoms with Crippen LogP contribution in [0.1, 0.15) is 38.4 Å². The van der Waals surface area contributed by atoms with Gasteiger partial charge in [0.2, 0.25) is 10.0 Å². The minimum Gasteiger partial charge on any atom is -0.312 e. The number of hydrogen-bond donors (Lipinski definition) is 0. The average Bonchev–Trinajstić information content (AvgIpc) is 3.40. The zero-order valence-electron chi connectivity index (χ0n) is 15.6. The molecular weight excluding hydrogens is 364 g/mol. The Labute approximate surface area is 158 Å². The Hall–Kier alpha value is -2.26. The largest absolute Gasteiger partial charge is 0.312 e.